The van der Waals surface area contributed by atoms with Crippen LogP contribution >= 0.6 is 0 Å². The molecule has 0 fully saturated rings. The van der Waals surface area contributed by atoms with Gasteiger partial charge in [0.15, 0.2) is 0 Å². The van der Waals surface area contributed by atoms with Crippen molar-refractivity contribution < 1.29 is 14.4 Å². The Morgan fingerprint density at radius 2 is 2.20 bits per heavy atom. The molecule has 0 saturated heterocycles. The zero-order chi connectivity index (χ0) is 17.4. The summed E-state index contributed by atoms with van der Waals surface area (Å²) in [6.07, 6.45) is 7.85. The summed E-state index contributed by atoms with van der Waals surface area (Å²) in [7, 11) is 0. The van der Waals surface area contributed by atoms with Crippen LogP contribution in [0.1, 0.15) is 34.8 Å². The number of ether oxygens (including phenoxy) is 1. The first-order valence-corrected chi connectivity index (χ1v) is 8.27. The van der Waals surface area contributed by atoms with Crippen LogP contribution in [0.2, 0.25) is 0 Å². The van der Waals surface area contributed by atoms with Crippen molar-refractivity contribution in [1.29, 1.82) is 0 Å². The van der Waals surface area contributed by atoms with Gasteiger partial charge < -0.3 is 18.9 Å². The highest BCUT2D eigenvalue weighted by Crippen LogP contribution is 2.34. The van der Waals surface area contributed by atoms with Crippen LogP contribution in [0, 0.1) is 13.8 Å². The van der Waals surface area contributed by atoms with Crippen LogP contribution in [-0.2, 0) is 13.0 Å². The van der Waals surface area contributed by atoms with Crippen molar-refractivity contribution in [3.8, 4) is 11.5 Å². The molecule has 0 spiro atoms. The number of benzene rings is 1. The molecule has 25 heavy (non-hydrogen) atoms. The fourth-order valence-electron chi connectivity index (χ4n) is 3.13. The van der Waals surface area contributed by atoms with Crippen LogP contribution in [0.25, 0.3) is 5.70 Å². The predicted molar refractivity (Wildman–Crippen MR) is 93.7 cm³/mol. The maximum Gasteiger partial charge on any atom is 0.257 e. The van der Waals surface area contributed by atoms with Gasteiger partial charge in [0.2, 0.25) is 0 Å². The number of aromatic nitrogens is 3. The van der Waals surface area contributed by atoms with E-state index in [0.717, 1.165) is 46.9 Å². The van der Waals surface area contributed by atoms with Gasteiger partial charge in [-0.3, -0.25) is 0 Å². The molecule has 0 amide bonds. The molecular formula is C19H20N3O3+. The maximum absolute atomic E-state index is 7.95. The monoisotopic (exact) mass is 338 g/mol. The largest absolute Gasteiger partial charge is 0.593 e. The van der Waals surface area contributed by atoms with E-state index in [0.29, 0.717) is 18.1 Å². The second kappa shape index (κ2) is 6.12. The minimum Gasteiger partial charge on any atom is -0.593 e. The third-order valence-electron chi connectivity index (χ3n) is 4.49. The van der Waals surface area contributed by atoms with Gasteiger partial charge in [-0.05, 0) is 26.3 Å². The summed E-state index contributed by atoms with van der Waals surface area (Å²) < 4.78 is 13.4. The van der Waals surface area contributed by atoms with E-state index >= 15 is 0 Å². The van der Waals surface area contributed by atoms with Gasteiger partial charge in [-0.1, -0.05) is 11.2 Å². The Morgan fingerprint density at radius 1 is 1.32 bits per heavy atom. The topological polar surface area (TPSA) is 76.0 Å². The van der Waals surface area contributed by atoms with Gasteiger partial charge >= 0.3 is 0 Å². The van der Waals surface area contributed by atoms with E-state index in [1.54, 1.807) is 12.1 Å². The van der Waals surface area contributed by atoms with Crippen molar-refractivity contribution in [2.24, 2.45) is 0 Å². The van der Waals surface area contributed by atoms with Crippen LogP contribution in [0.15, 0.2) is 41.2 Å². The average molecular weight is 338 g/mol. The first-order chi connectivity index (χ1) is 12.1. The molecule has 0 radical (unpaired) electrons. The summed E-state index contributed by atoms with van der Waals surface area (Å²) in [5, 5.41) is 11.9. The number of allylic oxidation sites excluding steroid dienone is 1. The molecule has 6 heteroatoms. The highest BCUT2D eigenvalue weighted by atomic mass is 16.5. The molecule has 2 aromatic heterocycles. The standard InChI is InChI=1S/C19H19N3O3/c1-12-16(13(2)25-21-12)11-24-18-10-14(23)6-7-15(18)17-4-3-5-19-20-8-9-22(17)19/h4,6-10,23H,3,5,11H2,1-2H3/p+1. The van der Waals surface area contributed by atoms with E-state index in [4.69, 9.17) is 14.4 Å². The van der Waals surface area contributed by atoms with E-state index in [9.17, 15) is 0 Å². The van der Waals surface area contributed by atoms with Crippen LogP contribution in [-0.4, -0.2) is 19.8 Å². The summed E-state index contributed by atoms with van der Waals surface area (Å²) in [5.74, 6) is 2.90. The van der Waals surface area contributed by atoms with E-state index < -0.39 is 0 Å². The number of fused-ring (bicyclic) bond motifs is 1. The summed E-state index contributed by atoms with van der Waals surface area (Å²) in [6.45, 7) is 4.14. The average Bonchev–Trinajstić information content (AvgIpc) is 3.20. The highest BCUT2D eigenvalue weighted by molar-refractivity contribution is 5.72. The molecule has 0 atom stereocenters. The maximum atomic E-state index is 7.95. The van der Waals surface area contributed by atoms with Crippen molar-refractivity contribution >= 4 is 5.70 Å². The normalized spacial score (nSPS) is 13.4. The fraction of sp³-hybridized carbons (Fsp3) is 0.263. The smallest absolute Gasteiger partial charge is 0.257 e. The molecule has 0 unspecified atom stereocenters. The summed E-state index contributed by atoms with van der Waals surface area (Å²) in [5.41, 5.74) is 3.78. The SMILES string of the molecule is Cc1noc(C)c1COc1cc([OH2+])ccc1C1=CCCc2nccn21. The Hall–Kier alpha value is -3.02. The van der Waals surface area contributed by atoms with Crippen molar-refractivity contribution in [2.45, 2.75) is 33.3 Å². The minimum absolute atomic E-state index is 0.363. The van der Waals surface area contributed by atoms with E-state index in [1.807, 2.05) is 32.3 Å². The second-order valence-electron chi connectivity index (χ2n) is 6.14. The predicted octanol–water partition coefficient (Wildman–Crippen LogP) is 3.34. The van der Waals surface area contributed by atoms with Gasteiger partial charge in [0.25, 0.3) is 5.75 Å². The number of imidazole rings is 1. The molecule has 3 heterocycles. The fourth-order valence-corrected chi connectivity index (χ4v) is 3.13. The molecule has 1 aromatic carbocycles. The number of nitrogens with zero attached hydrogens (tertiary/aromatic N) is 3. The number of hydrogen-bond donors (Lipinski definition) is 0. The number of aryl methyl sites for hydroxylation is 3. The lowest BCUT2D eigenvalue weighted by molar-refractivity contribution is 0.299. The van der Waals surface area contributed by atoms with Crippen LogP contribution in [0.5, 0.6) is 11.5 Å². The quantitative estimate of drug-likeness (QED) is 0.684. The first kappa shape index (κ1) is 15.5. The molecule has 4 rings (SSSR count). The van der Waals surface area contributed by atoms with Crippen LogP contribution < -0.4 is 4.74 Å². The molecule has 0 bridgehead atoms. The van der Waals surface area contributed by atoms with Crippen LogP contribution in [0.3, 0.4) is 0 Å². The van der Waals surface area contributed by atoms with E-state index in [-0.39, 0.29) is 0 Å². The Balaban J connectivity index is 1.69. The second-order valence-corrected chi connectivity index (χ2v) is 6.14. The number of hydrogen-bond acceptors (Lipinski definition) is 4. The van der Waals surface area contributed by atoms with Gasteiger partial charge in [-0.2, -0.15) is 0 Å². The Morgan fingerprint density at radius 3 is 3.00 bits per heavy atom. The van der Waals surface area contributed by atoms with Gasteiger partial charge in [0.05, 0.1) is 23.0 Å². The van der Waals surface area contributed by atoms with Gasteiger partial charge in [-0.15, -0.1) is 0 Å². The molecule has 1 aliphatic heterocycles. The molecule has 0 aliphatic carbocycles. The zero-order valence-corrected chi connectivity index (χ0v) is 14.2. The number of rotatable bonds is 4. The molecule has 1 aliphatic rings. The Bertz CT molecular complexity index is 933. The highest BCUT2D eigenvalue weighted by Gasteiger charge is 2.19. The van der Waals surface area contributed by atoms with E-state index in [2.05, 4.69) is 20.8 Å². The summed E-state index contributed by atoms with van der Waals surface area (Å²) in [6, 6.07) is 5.47. The summed E-state index contributed by atoms with van der Waals surface area (Å²) in [4.78, 5) is 4.41. The van der Waals surface area contributed by atoms with Gasteiger partial charge in [-0.25, -0.2) is 4.98 Å². The third-order valence-corrected chi connectivity index (χ3v) is 4.49. The first-order valence-electron chi connectivity index (χ1n) is 8.27. The molecule has 2 N–H and O–H groups in total. The Labute approximate surface area is 145 Å². The van der Waals surface area contributed by atoms with Crippen molar-refractivity contribution in [3.63, 3.8) is 0 Å². The van der Waals surface area contributed by atoms with E-state index in [1.165, 1.54) is 0 Å². The lowest BCUT2D eigenvalue weighted by atomic mass is 10.1. The molecule has 6 nitrogen and oxygen atoms in total. The van der Waals surface area contributed by atoms with Crippen molar-refractivity contribution in [3.05, 3.63) is 65.1 Å². The Kier molecular flexibility index (Phi) is 3.80. The third kappa shape index (κ3) is 2.80. The van der Waals surface area contributed by atoms with Gasteiger partial charge in [0, 0.05) is 30.4 Å². The lowest BCUT2D eigenvalue weighted by Crippen LogP contribution is -2.10. The molecule has 0 saturated carbocycles. The minimum atomic E-state index is 0.363. The molecule has 128 valence electrons. The molecular weight excluding hydrogens is 318 g/mol. The zero-order valence-electron chi connectivity index (χ0n) is 14.2. The van der Waals surface area contributed by atoms with Crippen molar-refractivity contribution in [1.82, 2.24) is 14.7 Å². The molecule has 3 aromatic rings. The summed E-state index contributed by atoms with van der Waals surface area (Å²) >= 11 is 0. The van der Waals surface area contributed by atoms with Crippen molar-refractivity contribution in [2.75, 3.05) is 0 Å². The lowest BCUT2D eigenvalue weighted by Gasteiger charge is -2.19. The van der Waals surface area contributed by atoms with Gasteiger partial charge in [0.1, 0.15) is 23.9 Å². The van der Waals surface area contributed by atoms with Crippen LogP contribution in [0.4, 0.5) is 0 Å².